The Morgan fingerprint density at radius 3 is 2.68 bits per heavy atom. The molecule has 2 atom stereocenters. The van der Waals surface area contributed by atoms with Crippen LogP contribution >= 0.6 is 0 Å². The largest absolute Gasteiger partial charge is 0.379 e. The number of carbonyl (C=O) groups is 2. The number of hydroxylamine groups is 1. The summed E-state index contributed by atoms with van der Waals surface area (Å²) in [5.41, 5.74) is 4.06. The molecule has 0 saturated carbocycles. The van der Waals surface area contributed by atoms with E-state index in [2.05, 4.69) is 15.7 Å². The van der Waals surface area contributed by atoms with Gasteiger partial charge in [0.25, 0.3) is 5.91 Å². The molecule has 1 fully saturated rings. The van der Waals surface area contributed by atoms with Gasteiger partial charge < -0.3 is 14.3 Å². The Balaban J connectivity index is 1.43. The minimum atomic E-state index is -0.684. The van der Waals surface area contributed by atoms with Crippen molar-refractivity contribution in [3.05, 3.63) is 53.8 Å². The summed E-state index contributed by atoms with van der Waals surface area (Å²) < 4.78 is 21.5. The smallest absolute Gasteiger partial charge is 0.275 e. The Hall–Kier alpha value is -3.69. The van der Waals surface area contributed by atoms with Crippen LogP contribution < -0.4 is 10.3 Å². The molecule has 4 rings (SSSR count). The molecule has 9 nitrogen and oxygen atoms in total. The summed E-state index contributed by atoms with van der Waals surface area (Å²) in [5, 5.41) is 7.95. The lowest BCUT2D eigenvalue weighted by molar-refractivity contribution is -0.143. The van der Waals surface area contributed by atoms with Gasteiger partial charge in [-0.05, 0) is 43.9 Å². The Morgan fingerprint density at radius 1 is 1.26 bits per heavy atom. The molecule has 34 heavy (non-hydrogen) atoms. The molecule has 2 unspecified atom stereocenters. The molecule has 3 aromatic rings. The molecule has 2 amide bonds. The highest BCUT2D eigenvalue weighted by molar-refractivity contribution is 5.90. The van der Waals surface area contributed by atoms with E-state index in [-0.39, 0.29) is 17.6 Å². The molecular formula is C24H28FN5O4. The first-order valence-electron chi connectivity index (χ1n) is 11.2. The van der Waals surface area contributed by atoms with Crippen molar-refractivity contribution in [2.45, 2.75) is 45.6 Å². The van der Waals surface area contributed by atoms with Crippen molar-refractivity contribution in [1.82, 2.24) is 25.3 Å². The predicted molar refractivity (Wildman–Crippen MR) is 121 cm³/mol. The third-order valence-corrected chi connectivity index (χ3v) is 6.03. The highest BCUT2D eigenvalue weighted by atomic mass is 19.1. The molecule has 180 valence electrons. The quantitative estimate of drug-likeness (QED) is 0.533. The van der Waals surface area contributed by atoms with Crippen LogP contribution in [0, 0.1) is 18.7 Å². The molecule has 3 heterocycles. The van der Waals surface area contributed by atoms with Crippen molar-refractivity contribution in [2.75, 3.05) is 6.54 Å². The SMILES string of the molecule is Cc1cc(C(C(=O)N2CCCC2C(=O)NOc2ccc(-c3ccnn3C)c(F)c2)C(C)C)on1. The van der Waals surface area contributed by atoms with E-state index in [9.17, 15) is 14.0 Å². The maximum absolute atomic E-state index is 14.6. The fourth-order valence-corrected chi connectivity index (χ4v) is 4.33. The van der Waals surface area contributed by atoms with Gasteiger partial charge in [-0.2, -0.15) is 10.6 Å². The van der Waals surface area contributed by atoms with Gasteiger partial charge in [0.1, 0.15) is 23.5 Å². The molecule has 10 heteroatoms. The van der Waals surface area contributed by atoms with E-state index in [0.29, 0.717) is 42.1 Å². The lowest BCUT2D eigenvalue weighted by atomic mass is 9.91. The van der Waals surface area contributed by atoms with E-state index in [1.165, 1.54) is 6.07 Å². The number of nitrogens with zero attached hydrogens (tertiary/aromatic N) is 4. The van der Waals surface area contributed by atoms with Crippen LogP contribution in [0.25, 0.3) is 11.3 Å². The van der Waals surface area contributed by atoms with Gasteiger partial charge in [-0.25, -0.2) is 4.39 Å². The fourth-order valence-electron chi connectivity index (χ4n) is 4.33. The highest BCUT2D eigenvalue weighted by Crippen LogP contribution is 2.31. The van der Waals surface area contributed by atoms with E-state index in [1.807, 2.05) is 13.8 Å². The Morgan fingerprint density at radius 2 is 2.06 bits per heavy atom. The van der Waals surface area contributed by atoms with Gasteiger partial charge >= 0.3 is 0 Å². The monoisotopic (exact) mass is 469 g/mol. The predicted octanol–water partition coefficient (Wildman–Crippen LogP) is 3.36. The molecule has 1 aliphatic heterocycles. The molecule has 1 aliphatic rings. The molecule has 1 aromatic carbocycles. The first-order valence-corrected chi connectivity index (χ1v) is 11.2. The van der Waals surface area contributed by atoms with Gasteiger partial charge in [0.05, 0.1) is 11.4 Å². The molecule has 0 aliphatic carbocycles. The van der Waals surface area contributed by atoms with Crippen LogP contribution in [0.1, 0.15) is 44.1 Å². The van der Waals surface area contributed by atoms with Gasteiger partial charge in [0.15, 0.2) is 5.75 Å². The highest BCUT2D eigenvalue weighted by Gasteiger charge is 2.40. The molecule has 1 saturated heterocycles. The van der Waals surface area contributed by atoms with Crippen molar-refractivity contribution in [2.24, 2.45) is 13.0 Å². The van der Waals surface area contributed by atoms with E-state index >= 15 is 0 Å². The van der Waals surface area contributed by atoms with Crippen LogP contribution in [-0.2, 0) is 16.6 Å². The van der Waals surface area contributed by atoms with E-state index < -0.39 is 23.7 Å². The standard InChI is InChI=1S/C24H28FN5O4/c1-14(2)22(21-12-15(3)27-34-21)24(32)30-11-5-6-20(30)23(31)28-33-16-7-8-17(18(25)13-16)19-9-10-26-29(19)4/h7-10,12-14,20,22H,5-6,11H2,1-4H3,(H,28,31). The van der Waals surface area contributed by atoms with Gasteiger partial charge in [0.2, 0.25) is 5.91 Å². The Bertz CT molecular complexity index is 1190. The summed E-state index contributed by atoms with van der Waals surface area (Å²) in [7, 11) is 1.72. The normalized spacial score (nSPS) is 16.6. The Labute approximate surface area is 196 Å². The fraction of sp³-hybridized carbons (Fsp3) is 0.417. The minimum absolute atomic E-state index is 0.0404. The molecule has 0 spiro atoms. The second-order valence-corrected chi connectivity index (χ2v) is 8.83. The lowest BCUT2D eigenvalue weighted by Crippen LogP contribution is -2.48. The van der Waals surface area contributed by atoms with Gasteiger partial charge in [0, 0.05) is 37.5 Å². The van der Waals surface area contributed by atoms with Crippen molar-refractivity contribution in [3.8, 4) is 17.0 Å². The summed E-state index contributed by atoms with van der Waals surface area (Å²) in [6, 6.07) is 7.09. The number of likely N-dealkylation sites (tertiary alicyclic amines) is 1. The summed E-state index contributed by atoms with van der Waals surface area (Å²) >= 11 is 0. The number of nitrogens with one attached hydrogen (secondary N) is 1. The van der Waals surface area contributed by atoms with Gasteiger partial charge in [-0.15, -0.1) is 0 Å². The van der Waals surface area contributed by atoms with Crippen LogP contribution in [0.15, 0.2) is 41.1 Å². The number of rotatable bonds is 7. The summed E-state index contributed by atoms with van der Waals surface area (Å²) in [6.45, 7) is 6.11. The Kier molecular flexibility index (Phi) is 6.67. The lowest BCUT2D eigenvalue weighted by Gasteiger charge is -2.28. The van der Waals surface area contributed by atoms with Crippen LogP contribution in [0.3, 0.4) is 0 Å². The zero-order chi connectivity index (χ0) is 24.4. The third kappa shape index (κ3) is 4.66. The van der Waals surface area contributed by atoms with E-state index in [0.717, 1.165) is 0 Å². The number of aryl methyl sites for hydroxylation is 2. The minimum Gasteiger partial charge on any atom is -0.379 e. The summed E-state index contributed by atoms with van der Waals surface area (Å²) in [5.74, 6) is -1.09. The average Bonchev–Trinajstić information content (AvgIpc) is 3.53. The third-order valence-electron chi connectivity index (χ3n) is 6.03. The van der Waals surface area contributed by atoms with Crippen molar-refractivity contribution in [3.63, 3.8) is 0 Å². The molecule has 0 radical (unpaired) electrons. The summed E-state index contributed by atoms with van der Waals surface area (Å²) in [6.07, 6.45) is 2.79. The zero-order valence-electron chi connectivity index (χ0n) is 19.6. The van der Waals surface area contributed by atoms with Crippen LogP contribution in [0.2, 0.25) is 0 Å². The van der Waals surface area contributed by atoms with Gasteiger partial charge in [-0.3, -0.25) is 14.3 Å². The van der Waals surface area contributed by atoms with E-state index in [4.69, 9.17) is 9.36 Å². The number of carbonyl (C=O) groups excluding carboxylic acids is 2. The molecule has 0 bridgehead atoms. The maximum Gasteiger partial charge on any atom is 0.275 e. The molecule has 2 aromatic heterocycles. The molecule has 1 N–H and O–H groups in total. The van der Waals surface area contributed by atoms with E-state index in [1.54, 1.807) is 54.0 Å². The molecular weight excluding hydrogens is 441 g/mol. The number of hydrogen-bond acceptors (Lipinski definition) is 6. The number of aromatic nitrogens is 3. The van der Waals surface area contributed by atoms with Crippen molar-refractivity contribution >= 4 is 11.8 Å². The van der Waals surface area contributed by atoms with Crippen molar-refractivity contribution < 1.29 is 23.3 Å². The maximum atomic E-state index is 14.6. The average molecular weight is 470 g/mol. The second kappa shape index (κ2) is 9.66. The van der Waals surface area contributed by atoms with Crippen LogP contribution in [0.5, 0.6) is 5.75 Å². The van der Waals surface area contributed by atoms with Crippen LogP contribution in [-0.4, -0.2) is 44.2 Å². The topological polar surface area (TPSA) is 102 Å². The summed E-state index contributed by atoms with van der Waals surface area (Å²) in [4.78, 5) is 33.2. The number of amides is 2. The number of benzene rings is 1. The number of halogens is 1. The van der Waals surface area contributed by atoms with Gasteiger partial charge in [-0.1, -0.05) is 19.0 Å². The first-order chi connectivity index (χ1) is 16.3. The second-order valence-electron chi connectivity index (χ2n) is 8.83. The number of hydrogen-bond donors (Lipinski definition) is 1. The zero-order valence-corrected chi connectivity index (χ0v) is 19.6. The van der Waals surface area contributed by atoms with Crippen LogP contribution in [0.4, 0.5) is 4.39 Å². The van der Waals surface area contributed by atoms with Crippen molar-refractivity contribution in [1.29, 1.82) is 0 Å². The first kappa shape index (κ1) is 23.5.